The predicted molar refractivity (Wildman–Crippen MR) is 130 cm³/mol. The fourth-order valence-electron chi connectivity index (χ4n) is 5.05. The second-order valence-electron chi connectivity index (χ2n) is 10.2. The summed E-state index contributed by atoms with van der Waals surface area (Å²) >= 11 is 0. The van der Waals surface area contributed by atoms with Crippen molar-refractivity contribution in [3.63, 3.8) is 0 Å². The number of halogens is 4. The molecule has 1 aliphatic heterocycles. The van der Waals surface area contributed by atoms with Crippen LogP contribution in [0.4, 0.5) is 17.6 Å². The van der Waals surface area contributed by atoms with Gasteiger partial charge < -0.3 is 5.73 Å². The lowest BCUT2D eigenvalue weighted by atomic mass is 10.00. The maximum atomic E-state index is 14.3. The van der Waals surface area contributed by atoms with Gasteiger partial charge in [-0.25, -0.2) is 9.37 Å². The smallest absolute Gasteiger partial charge is 0.322 e. The van der Waals surface area contributed by atoms with Crippen molar-refractivity contribution < 1.29 is 17.6 Å². The average Bonchev–Trinajstić information content (AvgIpc) is 3.42. The first kappa shape index (κ1) is 24.6. The molecular weight excluding hydrogens is 472 g/mol. The summed E-state index contributed by atoms with van der Waals surface area (Å²) < 4.78 is 57.7. The van der Waals surface area contributed by atoms with Crippen LogP contribution < -0.4 is 5.73 Å². The maximum Gasteiger partial charge on any atom is 0.408 e. The van der Waals surface area contributed by atoms with Crippen molar-refractivity contribution in [2.24, 2.45) is 11.7 Å². The molecule has 2 atom stereocenters. The van der Waals surface area contributed by atoms with E-state index in [1.165, 1.54) is 27.6 Å². The maximum absolute atomic E-state index is 14.3. The number of aromatic nitrogens is 4. The number of hydrogen-bond donors (Lipinski definition) is 1. The molecular formula is C26H28F4N6. The zero-order valence-electron chi connectivity index (χ0n) is 20.1. The third-order valence-corrected chi connectivity index (χ3v) is 6.76. The summed E-state index contributed by atoms with van der Waals surface area (Å²) in [6.45, 7) is 3.29. The molecule has 2 N–H and O–H groups in total. The first-order valence-corrected chi connectivity index (χ1v) is 12.0. The van der Waals surface area contributed by atoms with E-state index in [0.717, 1.165) is 22.9 Å². The Labute approximate surface area is 206 Å². The number of rotatable bonds is 6. The second-order valence-corrected chi connectivity index (χ2v) is 10.2. The van der Waals surface area contributed by atoms with Gasteiger partial charge in [-0.15, -0.1) is 10.2 Å². The molecule has 0 aliphatic carbocycles. The van der Waals surface area contributed by atoms with Gasteiger partial charge in [-0.05, 0) is 42.0 Å². The molecule has 1 aliphatic rings. The predicted octanol–water partition coefficient (Wildman–Crippen LogP) is 5.12. The van der Waals surface area contributed by atoms with E-state index in [1.54, 1.807) is 6.07 Å². The van der Waals surface area contributed by atoms with E-state index in [-0.39, 0.29) is 25.1 Å². The Morgan fingerprint density at radius 3 is 2.58 bits per heavy atom. The third-order valence-electron chi connectivity index (χ3n) is 6.76. The summed E-state index contributed by atoms with van der Waals surface area (Å²) in [4.78, 5) is 6.04. The molecule has 4 aromatic rings. The minimum absolute atomic E-state index is 0.0143. The van der Waals surface area contributed by atoms with E-state index in [1.807, 2.05) is 24.3 Å². The first-order chi connectivity index (χ1) is 17.1. The minimum atomic E-state index is -4.57. The van der Waals surface area contributed by atoms with Crippen LogP contribution in [0.3, 0.4) is 0 Å². The summed E-state index contributed by atoms with van der Waals surface area (Å²) in [5, 5.41) is 9.38. The van der Waals surface area contributed by atoms with Crippen LogP contribution in [0, 0.1) is 5.92 Å². The molecule has 0 spiro atoms. The van der Waals surface area contributed by atoms with Crippen molar-refractivity contribution >= 4 is 16.6 Å². The number of pyridine rings is 2. The largest absolute Gasteiger partial charge is 0.408 e. The van der Waals surface area contributed by atoms with Crippen LogP contribution in [-0.2, 0) is 6.42 Å². The summed E-state index contributed by atoms with van der Waals surface area (Å²) in [5.41, 5.74) is 7.57. The van der Waals surface area contributed by atoms with Crippen LogP contribution in [0.15, 0.2) is 48.7 Å². The van der Waals surface area contributed by atoms with Crippen LogP contribution in [0.1, 0.15) is 37.4 Å². The topological polar surface area (TPSA) is 72.3 Å². The highest BCUT2D eigenvalue weighted by Crippen LogP contribution is 2.41. The number of hydrogen-bond acceptors (Lipinski definition) is 5. The van der Waals surface area contributed by atoms with Gasteiger partial charge in [0.15, 0.2) is 11.5 Å². The van der Waals surface area contributed by atoms with Crippen molar-refractivity contribution in [3.8, 4) is 11.5 Å². The summed E-state index contributed by atoms with van der Waals surface area (Å²) in [6, 6.07) is 10.7. The highest BCUT2D eigenvalue weighted by Gasteiger charge is 2.49. The third kappa shape index (κ3) is 4.55. The fourth-order valence-corrected chi connectivity index (χ4v) is 5.05. The monoisotopic (exact) mass is 500 g/mol. The van der Waals surface area contributed by atoms with Crippen molar-refractivity contribution in [2.45, 2.75) is 44.4 Å². The second kappa shape index (κ2) is 9.08. The molecule has 6 nitrogen and oxygen atoms in total. The lowest BCUT2D eigenvalue weighted by molar-refractivity contribution is -0.184. The van der Waals surface area contributed by atoms with Crippen molar-refractivity contribution in [1.82, 2.24) is 24.5 Å². The SMILES string of the molecule is CC(C)Cc1cccc2ccc(-c3nnc4ccc(C(N5CCC(N)(CF)C5)C(F)(F)F)cn34)nc12. The normalized spacial score (nSPS) is 20.1. The van der Waals surface area contributed by atoms with Gasteiger partial charge in [0, 0.05) is 24.7 Å². The van der Waals surface area contributed by atoms with Gasteiger partial charge in [0.05, 0.1) is 11.1 Å². The average molecular weight is 501 g/mol. The Morgan fingerprint density at radius 2 is 1.89 bits per heavy atom. The molecule has 0 radical (unpaired) electrons. The number of alkyl halides is 4. The highest BCUT2D eigenvalue weighted by molar-refractivity contribution is 5.84. The van der Waals surface area contributed by atoms with Crippen molar-refractivity contribution in [2.75, 3.05) is 19.8 Å². The van der Waals surface area contributed by atoms with E-state index < -0.39 is 24.4 Å². The van der Waals surface area contributed by atoms with Crippen LogP contribution >= 0.6 is 0 Å². The Hall–Kier alpha value is -3.11. The van der Waals surface area contributed by atoms with Gasteiger partial charge in [-0.2, -0.15) is 13.2 Å². The summed E-state index contributed by atoms with van der Waals surface area (Å²) in [5.74, 6) is 0.791. The van der Waals surface area contributed by atoms with E-state index in [9.17, 15) is 17.6 Å². The van der Waals surface area contributed by atoms with E-state index in [0.29, 0.717) is 23.1 Å². The molecule has 1 fully saturated rings. The van der Waals surface area contributed by atoms with Crippen molar-refractivity contribution in [1.29, 1.82) is 0 Å². The molecule has 1 saturated heterocycles. The lowest BCUT2D eigenvalue weighted by Gasteiger charge is -2.31. The number of nitrogens with two attached hydrogens (primary N) is 1. The molecule has 3 aromatic heterocycles. The molecule has 0 bridgehead atoms. The van der Waals surface area contributed by atoms with E-state index in [4.69, 9.17) is 10.7 Å². The molecule has 2 unspecified atom stereocenters. The van der Waals surface area contributed by atoms with Crippen molar-refractivity contribution in [3.05, 3.63) is 59.8 Å². The van der Waals surface area contributed by atoms with Gasteiger partial charge in [0.25, 0.3) is 0 Å². The lowest BCUT2D eigenvalue weighted by Crippen LogP contribution is -2.47. The van der Waals surface area contributed by atoms with Crippen LogP contribution in [-0.4, -0.2) is 56.0 Å². The van der Waals surface area contributed by atoms with Gasteiger partial charge in [-0.3, -0.25) is 9.30 Å². The van der Waals surface area contributed by atoms with E-state index in [2.05, 4.69) is 24.0 Å². The zero-order chi connectivity index (χ0) is 25.7. The van der Waals surface area contributed by atoms with Gasteiger partial charge in [0.1, 0.15) is 18.4 Å². The van der Waals surface area contributed by atoms with E-state index >= 15 is 0 Å². The summed E-state index contributed by atoms with van der Waals surface area (Å²) in [6.07, 6.45) is -2.16. The molecule has 36 heavy (non-hydrogen) atoms. The van der Waals surface area contributed by atoms with Crippen LogP contribution in [0.5, 0.6) is 0 Å². The molecule has 5 rings (SSSR count). The number of para-hydroxylation sites is 1. The van der Waals surface area contributed by atoms with Gasteiger partial charge in [-0.1, -0.05) is 44.2 Å². The quantitative estimate of drug-likeness (QED) is 0.372. The molecule has 1 aromatic carbocycles. The van der Waals surface area contributed by atoms with Crippen LogP contribution in [0.2, 0.25) is 0 Å². The Morgan fingerprint density at radius 1 is 1.08 bits per heavy atom. The standard InChI is InChI=1S/C26H28F4N6/c1-16(2)12-18-5-3-4-17-6-8-20(32-22(17)18)24-34-33-21-9-7-19(13-36(21)24)23(26(28,29)30)35-11-10-25(31,14-27)15-35/h3-9,13,16,23H,10-12,14-15,31H2,1-2H3. The first-order valence-electron chi connectivity index (χ1n) is 12.0. The highest BCUT2D eigenvalue weighted by atomic mass is 19.4. The van der Waals surface area contributed by atoms with Gasteiger partial charge >= 0.3 is 6.18 Å². The molecule has 4 heterocycles. The Balaban J connectivity index is 1.58. The molecule has 10 heteroatoms. The number of fused-ring (bicyclic) bond motifs is 2. The fraction of sp³-hybridized carbons (Fsp3) is 0.423. The number of likely N-dealkylation sites (tertiary alicyclic amines) is 1. The number of nitrogens with zero attached hydrogens (tertiary/aromatic N) is 5. The van der Waals surface area contributed by atoms with Gasteiger partial charge in [0.2, 0.25) is 0 Å². The minimum Gasteiger partial charge on any atom is -0.322 e. The summed E-state index contributed by atoms with van der Waals surface area (Å²) in [7, 11) is 0. The molecule has 190 valence electrons. The molecule has 0 amide bonds. The Kier molecular flexibility index (Phi) is 6.20. The molecule has 0 saturated carbocycles. The van der Waals surface area contributed by atoms with Crippen LogP contribution in [0.25, 0.3) is 28.1 Å². The number of benzene rings is 1. The Bertz CT molecular complexity index is 1400. The zero-order valence-corrected chi connectivity index (χ0v) is 20.1.